The average Bonchev–Trinajstić information content (AvgIpc) is 2.82. The quantitative estimate of drug-likeness (QED) is 0.520. The van der Waals surface area contributed by atoms with E-state index in [1.54, 1.807) is 0 Å². The molecule has 0 heterocycles. The van der Waals surface area contributed by atoms with E-state index in [1.807, 2.05) is 52.0 Å². The van der Waals surface area contributed by atoms with Gasteiger partial charge in [0.05, 0.1) is 12.7 Å². The van der Waals surface area contributed by atoms with Gasteiger partial charge in [0, 0.05) is 5.02 Å². The number of aryl methyl sites for hydroxylation is 1. The van der Waals surface area contributed by atoms with E-state index in [2.05, 4.69) is 25.1 Å². The van der Waals surface area contributed by atoms with Crippen LogP contribution in [0.3, 0.4) is 0 Å². The molecule has 0 amide bonds. The highest BCUT2D eigenvalue weighted by atomic mass is 35.5. The van der Waals surface area contributed by atoms with Crippen molar-refractivity contribution in [1.29, 1.82) is 0 Å². The fourth-order valence-electron chi connectivity index (χ4n) is 2.40. The third-order valence-corrected chi connectivity index (χ3v) is 3.94. The molecule has 0 aromatic heterocycles. The number of hydrogen-bond acceptors (Lipinski definition) is 2. The molecule has 138 valence electrons. The van der Waals surface area contributed by atoms with Crippen molar-refractivity contribution in [3.8, 4) is 0 Å². The van der Waals surface area contributed by atoms with Gasteiger partial charge in [-0.3, -0.25) is 0 Å². The molecule has 0 N–H and O–H groups in total. The Morgan fingerprint density at radius 2 is 1.88 bits per heavy atom. The second-order valence-corrected chi connectivity index (χ2v) is 6.45. The smallest absolute Gasteiger partial charge is 0.119 e. The van der Waals surface area contributed by atoms with Crippen LogP contribution >= 0.6 is 11.6 Å². The average molecular weight is 363 g/mol. The Hall–Kier alpha value is -1.51. The Kier molecular flexibility index (Phi) is 10.3. The van der Waals surface area contributed by atoms with Crippen molar-refractivity contribution in [3.63, 3.8) is 0 Å². The van der Waals surface area contributed by atoms with Crippen LogP contribution < -0.4 is 0 Å². The fourth-order valence-corrected chi connectivity index (χ4v) is 2.59. The number of ether oxygens (including phenoxy) is 2. The highest BCUT2D eigenvalue weighted by Gasteiger charge is 2.06. The molecule has 25 heavy (non-hydrogen) atoms. The highest BCUT2D eigenvalue weighted by molar-refractivity contribution is 6.31. The van der Waals surface area contributed by atoms with E-state index >= 15 is 0 Å². The largest absolute Gasteiger partial charge is 0.491 e. The molecule has 2 nitrogen and oxygen atoms in total. The lowest BCUT2D eigenvalue weighted by Gasteiger charge is -2.09. The third-order valence-electron chi connectivity index (χ3n) is 3.57. The van der Waals surface area contributed by atoms with Crippen LogP contribution in [0.5, 0.6) is 0 Å². The summed E-state index contributed by atoms with van der Waals surface area (Å²) in [6, 6.07) is 6.17. The number of rotatable bonds is 7. The van der Waals surface area contributed by atoms with Gasteiger partial charge in [-0.25, -0.2) is 0 Å². The van der Waals surface area contributed by atoms with Crippen LogP contribution in [-0.4, -0.2) is 19.3 Å². The monoisotopic (exact) mass is 362 g/mol. The van der Waals surface area contributed by atoms with Gasteiger partial charge in [0.2, 0.25) is 0 Å². The maximum atomic E-state index is 6.30. The van der Waals surface area contributed by atoms with Crippen molar-refractivity contribution in [2.24, 2.45) is 0 Å². The molecular formula is C22H31ClO2. The molecule has 0 bridgehead atoms. The van der Waals surface area contributed by atoms with E-state index in [1.165, 1.54) is 16.7 Å². The molecule has 2 rings (SSSR count). The number of hydrogen-bond donors (Lipinski definition) is 0. The first-order chi connectivity index (χ1) is 12.0. The van der Waals surface area contributed by atoms with Crippen LogP contribution in [-0.2, 0) is 15.9 Å². The Labute approximate surface area is 158 Å². The van der Waals surface area contributed by atoms with Crippen LogP contribution in [0.4, 0.5) is 0 Å². The van der Waals surface area contributed by atoms with Crippen LogP contribution in [0, 0.1) is 6.92 Å². The van der Waals surface area contributed by atoms with Crippen molar-refractivity contribution in [1.82, 2.24) is 0 Å². The Balaban J connectivity index is 0.00000151. The number of benzene rings is 1. The van der Waals surface area contributed by atoms with Gasteiger partial charge in [-0.15, -0.1) is 0 Å². The molecular weight excluding hydrogens is 332 g/mol. The summed E-state index contributed by atoms with van der Waals surface area (Å²) in [6.07, 6.45) is 10.3. The first kappa shape index (κ1) is 21.5. The fraction of sp³-hybridized carbons (Fsp3) is 0.455. The van der Waals surface area contributed by atoms with Gasteiger partial charge in [0.25, 0.3) is 0 Å². The zero-order chi connectivity index (χ0) is 18.7. The lowest BCUT2D eigenvalue weighted by atomic mass is 10.0. The van der Waals surface area contributed by atoms with Crippen molar-refractivity contribution in [3.05, 3.63) is 70.0 Å². The van der Waals surface area contributed by atoms with E-state index in [4.69, 9.17) is 21.1 Å². The summed E-state index contributed by atoms with van der Waals surface area (Å²) in [5.74, 6) is 0.877. The molecule has 1 aromatic carbocycles. The molecule has 0 saturated carbocycles. The van der Waals surface area contributed by atoms with Crippen molar-refractivity contribution in [2.75, 3.05) is 13.2 Å². The van der Waals surface area contributed by atoms with Crippen LogP contribution in [0.2, 0.25) is 5.02 Å². The van der Waals surface area contributed by atoms with Gasteiger partial charge in [-0.05, 0) is 57.4 Å². The first-order valence-electron chi connectivity index (χ1n) is 9.10. The maximum Gasteiger partial charge on any atom is 0.119 e. The normalized spacial score (nSPS) is 13.6. The zero-order valence-electron chi connectivity index (χ0n) is 16.1. The predicted molar refractivity (Wildman–Crippen MR) is 108 cm³/mol. The standard InChI is InChI=1S/C20H25ClO2.C2H6/c1-15(2)22-11-12-23-19-6-4-5-17(8-9-19)14-18-13-16(3)7-10-20(18)21;1-2/h4,6-10,13,15H,5,11-12,14H2,1-3H3;1-2H3. The molecule has 3 heteroatoms. The van der Waals surface area contributed by atoms with Gasteiger partial charge >= 0.3 is 0 Å². The van der Waals surface area contributed by atoms with Crippen LogP contribution in [0.25, 0.3) is 0 Å². The predicted octanol–water partition coefficient (Wildman–Crippen LogP) is 6.43. The summed E-state index contributed by atoms with van der Waals surface area (Å²) in [5.41, 5.74) is 3.74. The van der Waals surface area contributed by atoms with E-state index in [0.717, 1.165) is 23.6 Å². The van der Waals surface area contributed by atoms with Crippen LogP contribution in [0.1, 0.15) is 45.2 Å². The minimum Gasteiger partial charge on any atom is -0.491 e. The number of halogens is 1. The summed E-state index contributed by atoms with van der Waals surface area (Å²) in [7, 11) is 0. The third kappa shape index (κ3) is 8.42. The molecule has 1 aliphatic rings. The van der Waals surface area contributed by atoms with Crippen molar-refractivity contribution in [2.45, 2.75) is 53.6 Å². The van der Waals surface area contributed by atoms with E-state index < -0.39 is 0 Å². The molecule has 0 radical (unpaired) electrons. The second kappa shape index (κ2) is 11.9. The van der Waals surface area contributed by atoms with E-state index in [9.17, 15) is 0 Å². The molecule has 1 aliphatic carbocycles. The van der Waals surface area contributed by atoms with E-state index in [0.29, 0.717) is 13.2 Å². The van der Waals surface area contributed by atoms with Gasteiger partial charge in [0.15, 0.2) is 0 Å². The molecule has 0 atom stereocenters. The maximum absolute atomic E-state index is 6.30. The minimum absolute atomic E-state index is 0.239. The van der Waals surface area contributed by atoms with E-state index in [-0.39, 0.29) is 6.10 Å². The first-order valence-corrected chi connectivity index (χ1v) is 9.48. The van der Waals surface area contributed by atoms with Gasteiger partial charge in [-0.2, -0.15) is 0 Å². The molecule has 1 aromatic rings. The van der Waals surface area contributed by atoms with Crippen molar-refractivity contribution < 1.29 is 9.47 Å². The lowest BCUT2D eigenvalue weighted by Crippen LogP contribution is -2.09. The zero-order valence-corrected chi connectivity index (χ0v) is 16.9. The summed E-state index contributed by atoms with van der Waals surface area (Å²) >= 11 is 6.30. The second-order valence-electron chi connectivity index (χ2n) is 6.04. The topological polar surface area (TPSA) is 18.5 Å². The molecule has 0 spiro atoms. The summed E-state index contributed by atoms with van der Waals surface area (Å²) < 4.78 is 11.2. The summed E-state index contributed by atoms with van der Waals surface area (Å²) in [6.45, 7) is 11.3. The van der Waals surface area contributed by atoms with Gasteiger partial charge < -0.3 is 9.47 Å². The van der Waals surface area contributed by atoms with Gasteiger partial charge in [0.1, 0.15) is 12.4 Å². The minimum atomic E-state index is 0.239. The summed E-state index contributed by atoms with van der Waals surface area (Å²) in [5, 5.41) is 0.830. The SMILES string of the molecule is CC.Cc1ccc(Cl)c(CC2=CC=C(OCCOC(C)C)C=CC2)c1. The van der Waals surface area contributed by atoms with Crippen molar-refractivity contribution >= 4 is 11.6 Å². The summed E-state index contributed by atoms with van der Waals surface area (Å²) in [4.78, 5) is 0. The highest BCUT2D eigenvalue weighted by Crippen LogP contribution is 2.23. The van der Waals surface area contributed by atoms with Crippen LogP contribution in [0.15, 0.2) is 53.8 Å². The molecule has 0 aliphatic heterocycles. The Bertz CT molecular complexity index is 612. The number of allylic oxidation sites excluding steroid dienone is 5. The Morgan fingerprint density at radius 3 is 2.60 bits per heavy atom. The molecule has 0 saturated heterocycles. The lowest BCUT2D eigenvalue weighted by molar-refractivity contribution is 0.0408. The van der Waals surface area contributed by atoms with Gasteiger partial charge in [-0.1, -0.05) is 60.9 Å². The Morgan fingerprint density at radius 1 is 1.12 bits per heavy atom. The molecule has 0 fully saturated rings. The molecule has 0 unspecified atom stereocenters.